The largest absolute Gasteiger partial charge is 0.271 e. The van der Waals surface area contributed by atoms with Crippen LogP contribution in [0.5, 0.6) is 0 Å². The van der Waals surface area contributed by atoms with E-state index in [0.29, 0.717) is 0 Å². The third kappa shape index (κ3) is 2.84. The molecule has 110 valence electrons. The first kappa shape index (κ1) is 14.6. The summed E-state index contributed by atoms with van der Waals surface area (Å²) < 4.78 is 0. The first-order valence-electron chi connectivity index (χ1n) is 7.51. The summed E-state index contributed by atoms with van der Waals surface area (Å²) in [5.41, 5.74) is 7.62. The van der Waals surface area contributed by atoms with Gasteiger partial charge < -0.3 is 0 Å². The van der Waals surface area contributed by atoms with E-state index in [9.17, 15) is 0 Å². The quantitative estimate of drug-likeness (QED) is 0.646. The van der Waals surface area contributed by atoms with Crippen molar-refractivity contribution >= 4 is 11.6 Å². The molecule has 1 aliphatic carbocycles. The third-order valence-corrected chi connectivity index (χ3v) is 5.04. The minimum atomic E-state index is -0.0718. The predicted molar refractivity (Wildman–Crippen MR) is 88.4 cm³/mol. The number of rotatable bonds is 4. The number of hydrogen-bond donors (Lipinski definition) is 2. The monoisotopic (exact) mass is 300 g/mol. The topological polar surface area (TPSA) is 38.0 Å². The van der Waals surface area contributed by atoms with Crippen molar-refractivity contribution < 1.29 is 0 Å². The molecule has 3 rings (SSSR count). The zero-order valence-electron chi connectivity index (χ0n) is 12.3. The minimum Gasteiger partial charge on any atom is -0.271 e. The van der Waals surface area contributed by atoms with Crippen LogP contribution in [0, 0.1) is 6.92 Å². The van der Waals surface area contributed by atoms with Crippen LogP contribution in [-0.2, 0) is 0 Å². The molecular weight excluding hydrogens is 280 g/mol. The third-order valence-electron chi connectivity index (χ3n) is 4.52. The Labute approximate surface area is 131 Å². The highest BCUT2D eigenvalue weighted by atomic mass is 35.5. The van der Waals surface area contributed by atoms with Crippen molar-refractivity contribution in [3.05, 3.63) is 69.7 Å². The number of hydrazine groups is 1. The normalized spacial score (nSPS) is 16.5. The summed E-state index contributed by atoms with van der Waals surface area (Å²) in [7, 11) is 0. The fourth-order valence-electron chi connectivity index (χ4n) is 2.99. The van der Waals surface area contributed by atoms with Crippen molar-refractivity contribution in [2.75, 3.05) is 0 Å². The lowest BCUT2D eigenvalue weighted by molar-refractivity contribution is 0.419. The second-order valence-electron chi connectivity index (χ2n) is 5.88. The van der Waals surface area contributed by atoms with Crippen molar-refractivity contribution in [1.82, 2.24) is 5.43 Å². The summed E-state index contributed by atoms with van der Waals surface area (Å²) in [6, 6.07) is 14.7. The van der Waals surface area contributed by atoms with Gasteiger partial charge in [0.25, 0.3) is 0 Å². The molecule has 2 aromatic carbocycles. The minimum absolute atomic E-state index is 0.0718. The molecule has 0 amide bonds. The molecule has 3 heteroatoms. The molecule has 2 aromatic rings. The van der Waals surface area contributed by atoms with E-state index in [1.54, 1.807) is 0 Å². The zero-order valence-corrected chi connectivity index (χ0v) is 13.0. The highest BCUT2D eigenvalue weighted by molar-refractivity contribution is 6.32. The Morgan fingerprint density at radius 1 is 1.19 bits per heavy atom. The molecule has 0 radical (unpaired) electrons. The highest BCUT2D eigenvalue weighted by Crippen LogP contribution is 2.38. The van der Waals surface area contributed by atoms with Gasteiger partial charge in [0, 0.05) is 5.02 Å². The maximum absolute atomic E-state index is 6.46. The van der Waals surface area contributed by atoms with Gasteiger partial charge in [-0.2, -0.15) is 0 Å². The molecule has 2 nitrogen and oxygen atoms in total. The van der Waals surface area contributed by atoms with Crippen LogP contribution in [0.3, 0.4) is 0 Å². The number of nitrogens with one attached hydrogen (secondary N) is 1. The van der Waals surface area contributed by atoms with Crippen LogP contribution < -0.4 is 11.3 Å². The molecule has 0 saturated heterocycles. The zero-order chi connectivity index (χ0) is 14.8. The van der Waals surface area contributed by atoms with Crippen LogP contribution in [0.1, 0.15) is 53.5 Å². The van der Waals surface area contributed by atoms with Crippen LogP contribution in [0.25, 0.3) is 0 Å². The second kappa shape index (κ2) is 6.18. The molecule has 3 N–H and O–H groups in total. The van der Waals surface area contributed by atoms with E-state index in [0.717, 1.165) is 22.1 Å². The standard InChI is InChI=1S/C18H21ClN2/c1-12-5-2-10-16(17(12)19)18(21-20)15-9-4-8-14(11-15)13-6-3-7-13/h2,4-5,8-11,13,18,21H,3,6-7,20H2,1H3. The summed E-state index contributed by atoms with van der Waals surface area (Å²) in [6.45, 7) is 2.02. The molecule has 0 heterocycles. The average molecular weight is 301 g/mol. The van der Waals surface area contributed by atoms with Crippen molar-refractivity contribution in [2.45, 2.75) is 38.1 Å². The average Bonchev–Trinajstić information content (AvgIpc) is 2.43. The molecule has 21 heavy (non-hydrogen) atoms. The second-order valence-corrected chi connectivity index (χ2v) is 6.25. The van der Waals surface area contributed by atoms with Crippen molar-refractivity contribution in [2.24, 2.45) is 5.84 Å². The van der Waals surface area contributed by atoms with Gasteiger partial charge in [-0.3, -0.25) is 5.84 Å². The van der Waals surface area contributed by atoms with Gasteiger partial charge in [-0.05, 0) is 47.9 Å². The number of nitrogens with two attached hydrogens (primary N) is 1. The fourth-order valence-corrected chi connectivity index (χ4v) is 3.23. The van der Waals surface area contributed by atoms with Gasteiger partial charge in [-0.15, -0.1) is 0 Å². The highest BCUT2D eigenvalue weighted by Gasteiger charge is 2.22. The first-order valence-corrected chi connectivity index (χ1v) is 7.89. The van der Waals surface area contributed by atoms with Gasteiger partial charge in [0.15, 0.2) is 0 Å². The van der Waals surface area contributed by atoms with Gasteiger partial charge in [-0.1, -0.05) is 60.5 Å². The summed E-state index contributed by atoms with van der Waals surface area (Å²) in [5, 5.41) is 0.787. The van der Waals surface area contributed by atoms with E-state index < -0.39 is 0 Å². The molecule has 1 unspecified atom stereocenters. The molecular formula is C18H21ClN2. The van der Waals surface area contributed by atoms with E-state index in [-0.39, 0.29) is 6.04 Å². The first-order chi connectivity index (χ1) is 10.2. The maximum atomic E-state index is 6.46. The summed E-state index contributed by atoms with van der Waals surface area (Å²) in [4.78, 5) is 0. The number of aryl methyl sites for hydroxylation is 1. The molecule has 0 spiro atoms. The SMILES string of the molecule is Cc1cccc(C(NN)c2cccc(C3CCC3)c2)c1Cl. The molecule has 1 atom stereocenters. The molecule has 1 saturated carbocycles. The van der Waals surface area contributed by atoms with E-state index in [1.807, 2.05) is 25.1 Å². The number of halogens is 1. The molecule has 1 fully saturated rings. The van der Waals surface area contributed by atoms with E-state index >= 15 is 0 Å². The Morgan fingerprint density at radius 2 is 1.95 bits per heavy atom. The Kier molecular flexibility index (Phi) is 4.29. The fraction of sp³-hybridized carbons (Fsp3) is 0.333. The summed E-state index contributed by atoms with van der Waals surface area (Å²) in [6.07, 6.45) is 3.95. The summed E-state index contributed by atoms with van der Waals surface area (Å²) >= 11 is 6.46. The predicted octanol–water partition coefficient (Wildman–Crippen LogP) is 4.47. The van der Waals surface area contributed by atoms with Crippen molar-refractivity contribution in [3.63, 3.8) is 0 Å². The van der Waals surface area contributed by atoms with Crippen LogP contribution in [-0.4, -0.2) is 0 Å². The lowest BCUT2D eigenvalue weighted by Gasteiger charge is -2.27. The molecule has 1 aliphatic rings. The summed E-state index contributed by atoms with van der Waals surface area (Å²) in [5.74, 6) is 6.54. The van der Waals surface area contributed by atoms with Gasteiger partial charge >= 0.3 is 0 Å². The molecule has 0 bridgehead atoms. The Balaban J connectivity index is 1.97. The van der Waals surface area contributed by atoms with Gasteiger partial charge in [0.05, 0.1) is 6.04 Å². The lowest BCUT2D eigenvalue weighted by Crippen LogP contribution is -2.29. The van der Waals surface area contributed by atoms with Gasteiger partial charge in [0.2, 0.25) is 0 Å². The lowest BCUT2D eigenvalue weighted by atomic mass is 9.79. The van der Waals surface area contributed by atoms with Gasteiger partial charge in [0.1, 0.15) is 0 Å². The Bertz CT molecular complexity index is 635. The maximum Gasteiger partial charge on any atom is 0.0724 e. The number of benzene rings is 2. The van der Waals surface area contributed by atoms with E-state index in [1.165, 1.54) is 30.4 Å². The Morgan fingerprint density at radius 3 is 2.62 bits per heavy atom. The Hall–Kier alpha value is -1.35. The molecule has 0 aromatic heterocycles. The van der Waals surface area contributed by atoms with E-state index in [4.69, 9.17) is 17.4 Å². The molecule has 0 aliphatic heterocycles. The van der Waals surface area contributed by atoms with Crippen LogP contribution >= 0.6 is 11.6 Å². The van der Waals surface area contributed by atoms with Gasteiger partial charge in [-0.25, -0.2) is 5.43 Å². The van der Waals surface area contributed by atoms with Crippen molar-refractivity contribution in [3.8, 4) is 0 Å². The van der Waals surface area contributed by atoms with Crippen LogP contribution in [0.4, 0.5) is 0 Å². The smallest absolute Gasteiger partial charge is 0.0724 e. The van der Waals surface area contributed by atoms with Crippen LogP contribution in [0.15, 0.2) is 42.5 Å². The van der Waals surface area contributed by atoms with Crippen molar-refractivity contribution in [1.29, 1.82) is 0 Å². The van der Waals surface area contributed by atoms with E-state index in [2.05, 4.69) is 29.7 Å². The van der Waals surface area contributed by atoms with Crippen LogP contribution in [0.2, 0.25) is 5.02 Å². The number of hydrogen-bond acceptors (Lipinski definition) is 2.